The topological polar surface area (TPSA) is 24.8 Å². The molecule has 2 rings (SSSR count). The van der Waals surface area contributed by atoms with Gasteiger partial charge in [-0.05, 0) is 44.5 Å². The third-order valence-corrected chi connectivity index (χ3v) is 3.63. The first-order chi connectivity index (χ1) is 11.3. The molecule has 2 aromatic carbocycles. The van der Waals surface area contributed by atoms with E-state index in [1.807, 2.05) is 32.3 Å². The second kappa shape index (κ2) is 9.80. The Hall–Kier alpha value is -2.13. The molecular formula is C20H26N2O. The molecule has 0 aliphatic rings. The average Bonchev–Trinajstić information content (AvgIpc) is 2.58. The molecule has 0 saturated heterocycles. The minimum absolute atomic E-state index is 0.613. The van der Waals surface area contributed by atoms with Crippen LogP contribution >= 0.6 is 0 Å². The van der Waals surface area contributed by atoms with E-state index in [2.05, 4.69) is 52.5 Å². The lowest BCUT2D eigenvalue weighted by atomic mass is 10.0. The van der Waals surface area contributed by atoms with Gasteiger partial charge >= 0.3 is 0 Å². The predicted octanol–water partition coefficient (Wildman–Crippen LogP) is 3.99. The number of hydrogen-bond acceptors (Lipinski definition) is 3. The summed E-state index contributed by atoms with van der Waals surface area (Å²) in [4.78, 5) is 7.60. The van der Waals surface area contributed by atoms with E-state index in [1.165, 1.54) is 5.56 Å². The Morgan fingerprint density at radius 1 is 0.957 bits per heavy atom. The highest BCUT2D eigenvalue weighted by atomic mass is 16.6. The van der Waals surface area contributed by atoms with E-state index < -0.39 is 0 Å². The smallest absolute Gasteiger partial charge is 0.129 e. The van der Waals surface area contributed by atoms with Crippen LogP contribution in [0, 0.1) is 0 Å². The number of rotatable bonds is 9. The maximum absolute atomic E-state index is 5.51. The van der Waals surface area contributed by atoms with E-state index in [4.69, 9.17) is 4.84 Å². The highest BCUT2D eigenvalue weighted by Gasteiger charge is 2.05. The molecule has 0 heterocycles. The van der Waals surface area contributed by atoms with Crippen molar-refractivity contribution in [3.63, 3.8) is 0 Å². The number of benzene rings is 2. The van der Waals surface area contributed by atoms with Crippen LogP contribution in [-0.2, 0) is 11.3 Å². The lowest BCUT2D eigenvalue weighted by Gasteiger charge is -2.10. The maximum atomic E-state index is 5.51. The fourth-order valence-electron chi connectivity index (χ4n) is 2.32. The van der Waals surface area contributed by atoms with Gasteiger partial charge in [0.15, 0.2) is 0 Å². The lowest BCUT2D eigenvalue weighted by molar-refractivity contribution is 0.125. The summed E-state index contributed by atoms with van der Waals surface area (Å²) in [6.45, 7) is 1.48. The fraction of sp³-hybridized carbons (Fsp3) is 0.350. The molecule has 3 nitrogen and oxygen atoms in total. The number of nitrogens with zero attached hydrogens (tertiary/aromatic N) is 2. The first-order valence-corrected chi connectivity index (χ1v) is 8.18. The minimum Gasteiger partial charge on any atom is -0.394 e. The van der Waals surface area contributed by atoms with Crippen LogP contribution in [-0.4, -0.2) is 37.9 Å². The number of oxime groups is 1. The Morgan fingerprint density at radius 3 is 2.26 bits per heavy atom. The normalized spacial score (nSPS) is 11.7. The molecule has 0 amide bonds. The summed E-state index contributed by atoms with van der Waals surface area (Å²) in [6.07, 6.45) is 3.04. The molecule has 0 aliphatic carbocycles. The Morgan fingerprint density at radius 2 is 1.61 bits per heavy atom. The maximum Gasteiger partial charge on any atom is 0.129 e. The molecule has 0 aliphatic heterocycles. The van der Waals surface area contributed by atoms with Gasteiger partial charge < -0.3 is 9.74 Å². The molecule has 0 atom stereocenters. The summed E-state index contributed by atoms with van der Waals surface area (Å²) in [6, 6.07) is 20.9. The second-order valence-electron chi connectivity index (χ2n) is 5.88. The minimum atomic E-state index is 0.613. The third kappa shape index (κ3) is 6.66. The van der Waals surface area contributed by atoms with Crippen molar-refractivity contribution in [1.82, 2.24) is 4.90 Å². The quantitative estimate of drug-likeness (QED) is 0.397. The van der Waals surface area contributed by atoms with Crippen molar-refractivity contribution < 1.29 is 4.84 Å². The van der Waals surface area contributed by atoms with Crippen LogP contribution in [0.5, 0.6) is 0 Å². The van der Waals surface area contributed by atoms with Crippen LogP contribution in [0.15, 0.2) is 65.8 Å². The van der Waals surface area contributed by atoms with Gasteiger partial charge in [-0.25, -0.2) is 0 Å². The van der Waals surface area contributed by atoms with Crippen LogP contribution in [0.25, 0.3) is 0 Å². The van der Waals surface area contributed by atoms with Crippen LogP contribution in [0.4, 0.5) is 0 Å². The van der Waals surface area contributed by atoms with Crippen molar-refractivity contribution >= 4 is 5.71 Å². The summed E-state index contributed by atoms with van der Waals surface area (Å²) < 4.78 is 0. The van der Waals surface area contributed by atoms with E-state index in [-0.39, 0.29) is 0 Å². The van der Waals surface area contributed by atoms with Gasteiger partial charge in [0.05, 0.1) is 5.71 Å². The van der Waals surface area contributed by atoms with Gasteiger partial charge in [0.1, 0.15) is 6.61 Å². The highest BCUT2D eigenvalue weighted by molar-refractivity contribution is 6.00. The van der Waals surface area contributed by atoms with Gasteiger partial charge in [0, 0.05) is 6.54 Å². The lowest BCUT2D eigenvalue weighted by Crippen LogP contribution is -2.17. The van der Waals surface area contributed by atoms with E-state index in [0.29, 0.717) is 6.61 Å². The van der Waals surface area contributed by atoms with Gasteiger partial charge in [-0.3, -0.25) is 0 Å². The monoisotopic (exact) mass is 310 g/mol. The third-order valence-electron chi connectivity index (χ3n) is 3.63. The Kier molecular flexibility index (Phi) is 7.34. The van der Waals surface area contributed by atoms with Gasteiger partial charge in [0.25, 0.3) is 0 Å². The van der Waals surface area contributed by atoms with Gasteiger partial charge in [-0.1, -0.05) is 65.8 Å². The molecule has 2 aromatic rings. The van der Waals surface area contributed by atoms with Gasteiger partial charge in [-0.15, -0.1) is 0 Å². The number of aryl methyl sites for hydroxylation is 1. The van der Waals surface area contributed by atoms with Gasteiger partial charge in [0.2, 0.25) is 0 Å². The molecule has 3 heteroatoms. The van der Waals surface area contributed by atoms with E-state index >= 15 is 0 Å². The molecule has 122 valence electrons. The van der Waals surface area contributed by atoms with E-state index in [9.17, 15) is 0 Å². The molecule has 0 spiro atoms. The molecular weight excluding hydrogens is 284 g/mol. The second-order valence-corrected chi connectivity index (χ2v) is 5.88. The van der Waals surface area contributed by atoms with E-state index in [0.717, 1.165) is 37.1 Å². The number of likely N-dealkylation sites (N-methyl/N-ethyl adjacent to an activating group) is 1. The van der Waals surface area contributed by atoms with Crippen molar-refractivity contribution in [3.05, 3.63) is 71.8 Å². The summed E-state index contributed by atoms with van der Waals surface area (Å²) in [5.74, 6) is 0. The SMILES string of the molecule is CN(C)CCO/N=C(\CCCc1ccccc1)c1ccccc1. The zero-order chi connectivity index (χ0) is 16.3. The molecule has 0 N–H and O–H groups in total. The molecule has 23 heavy (non-hydrogen) atoms. The van der Waals surface area contributed by atoms with Crippen LogP contribution in [0.3, 0.4) is 0 Å². The zero-order valence-corrected chi connectivity index (χ0v) is 14.1. The van der Waals surface area contributed by atoms with Crippen molar-refractivity contribution in [1.29, 1.82) is 0 Å². The zero-order valence-electron chi connectivity index (χ0n) is 14.1. The van der Waals surface area contributed by atoms with E-state index in [1.54, 1.807) is 0 Å². The molecule has 0 bridgehead atoms. The largest absolute Gasteiger partial charge is 0.394 e. The Labute approximate surface area is 139 Å². The first kappa shape index (κ1) is 17.2. The number of hydrogen-bond donors (Lipinski definition) is 0. The van der Waals surface area contributed by atoms with Crippen molar-refractivity contribution in [2.24, 2.45) is 5.16 Å². The molecule has 0 fully saturated rings. The highest BCUT2D eigenvalue weighted by Crippen LogP contribution is 2.11. The summed E-state index contributed by atoms with van der Waals surface area (Å²) in [5, 5.41) is 4.39. The molecule has 0 saturated carbocycles. The van der Waals surface area contributed by atoms with Crippen molar-refractivity contribution in [3.8, 4) is 0 Å². The Balaban J connectivity index is 1.92. The average molecular weight is 310 g/mol. The van der Waals surface area contributed by atoms with Crippen molar-refractivity contribution in [2.45, 2.75) is 19.3 Å². The van der Waals surface area contributed by atoms with Crippen LogP contribution in [0.2, 0.25) is 0 Å². The first-order valence-electron chi connectivity index (χ1n) is 8.18. The summed E-state index contributed by atoms with van der Waals surface area (Å²) in [5.41, 5.74) is 3.54. The molecule has 0 radical (unpaired) electrons. The molecule has 0 unspecified atom stereocenters. The summed E-state index contributed by atoms with van der Waals surface area (Å²) >= 11 is 0. The summed E-state index contributed by atoms with van der Waals surface area (Å²) in [7, 11) is 4.07. The molecule has 0 aromatic heterocycles. The predicted molar refractivity (Wildman–Crippen MR) is 96.9 cm³/mol. The van der Waals surface area contributed by atoms with Gasteiger partial charge in [-0.2, -0.15) is 0 Å². The van der Waals surface area contributed by atoms with Crippen LogP contribution in [0.1, 0.15) is 24.0 Å². The van der Waals surface area contributed by atoms with Crippen molar-refractivity contribution in [2.75, 3.05) is 27.2 Å². The fourth-order valence-corrected chi connectivity index (χ4v) is 2.32. The standard InChI is InChI=1S/C20H26N2O/c1-22(2)16-17-23-21-20(19-13-7-4-8-14-19)15-9-12-18-10-5-3-6-11-18/h3-8,10-11,13-14H,9,12,15-17H2,1-2H3/b21-20+. The Bertz CT molecular complexity index is 579. The van der Waals surface area contributed by atoms with Crippen LogP contribution < -0.4 is 0 Å².